The molecule has 0 saturated carbocycles. The minimum absolute atomic E-state index is 0.947. The van der Waals surface area contributed by atoms with Gasteiger partial charge in [0.15, 0.2) is 0 Å². The molecule has 1 heterocycles. The van der Waals surface area contributed by atoms with Crippen LogP contribution in [0.2, 0.25) is 0 Å². The second kappa shape index (κ2) is 8.19. The first-order chi connectivity index (χ1) is 10.3. The molecule has 1 fully saturated rings. The minimum Gasteiger partial charge on any atom is -0.303 e. The molecule has 0 aromatic heterocycles. The number of allylic oxidation sites excluding steroid dienone is 1. The van der Waals surface area contributed by atoms with E-state index in [-0.39, 0.29) is 0 Å². The normalized spacial score (nSPS) is 15.9. The Hall–Kier alpha value is -1.34. The Morgan fingerprint density at radius 1 is 1.10 bits per heavy atom. The SMILES string of the molecule is C=CCc1c(C=C)ccc(CCN2CCCCC2)c1CC. The Morgan fingerprint density at radius 2 is 1.86 bits per heavy atom. The fraction of sp³-hybridized carbons (Fsp3) is 0.500. The van der Waals surface area contributed by atoms with Gasteiger partial charge in [0.2, 0.25) is 0 Å². The van der Waals surface area contributed by atoms with Crippen LogP contribution in [0.4, 0.5) is 0 Å². The average Bonchev–Trinajstić information content (AvgIpc) is 2.54. The van der Waals surface area contributed by atoms with Crippen molar-refractivity contribution in [3.63, 3.8) is 0 Å². The van der Waals surface area contributed by atoms with Crippen LogP contribution in [0.3, 0.4) is 0 Å². The molecule has 0 spiro atoms. The number of piperidine rings is 1. The molecule has 2 rings (SSSR count). The van der Waals surface area contributed by atoms with Crippen molar-refractivity contribution in [2.45, 2.75) is 45.4 Å². The molecule has 0 bridgehead atoms. The van der Waals surface area contributed by atoms with Crippen LogP contribution in [0.1, 0.15) is 48.4 Å². The molecular formula is C20H29N. The largest absolute Gasteiger partial charge is 0.303 e. The van der Waals surface area contributed by atoms with Crippen LogP contribution in [-0.2, 0) is 19.3 Å². The standard InChI is InChI=1S/C20H29N/c1-4-10-20-17(5-2)11-12-18(19(20)6-3)13-16-21-14-8-7-9-15-21/h4-5,11-12H,1-2,6-10,13-16H2,3H3. The van der Waals surface area contributed by atoms with E-state index < -0.39 is 0 Å². The van der Waals surface area contributed by atoms with Crippen molar-refractivity contribution in [2.24, 2.45) is 0 Å². The summed E-state index contributed by atoms with van der Waals surface area (Å²) in [6.07, 6.45) is 11.4. The Balaban J connectivity index is 2.15. The molecule has 0 unspecified atom stereocenters. The van der Waals surface area contributed by atoms with Gasteiger partial charge in [-0.25, -0.2) is 0 Å². The molecule has 1 aliphatic rings. The second-order valence-electron chi connectivity index (χ2n) is 5.97. The van der Waals surface area contributed by atoms with E-state index in [9.17, 15) is 0 Å². The summed E-state index contributed by atoms with van der Waals surface area (Å²) in [5.74, 6) is 0. The highest BCUT2D eigenvalue weighted by Gasteiger charge is 2.13. The molecule has 0 radical (unpaired) electrons. The molecule has 0 aliphatic carbocycles. The smallest absolute Gasteiger partial charge is 0.00219 e. The van der Waals surface area contributed by atoms with Gasteiger partial charge in [0, 0.05) is 6.54 Å². The molecule has 0 amide bonds. The summed E-state index contributed by atoms with van der Waals surface area (Å²) in [6.45, 7) is 13.9. The van der Waals surface area contributed by atoms with Crippen molar-refractivity contribution in [2.75, 3.05) is 19.6 Å². The number of hydrogen-bond donors (Lipinski definition) is 0. The molecule has 0 atom stereocenters. The zero-order chi connectivity index (χ0) is 15.1. The van der Waals surface area contributed by atoms with Gasteiger partial charge in [-0.1, -0.05) is 44.2 Å². The van der Waals surface area contributed by atoms with E-state index >= 15 is 0 Å². The lowest BCUT2D eigenvalue weighted by molar-refractivity contribution is 0.231. The lowest BCUT2D eigenvalue weighted by Gasteiger charge is -2.27. The van der Waals surface area contributed by atoms with Crippen LogP contribution in [0.5, 0.6) is 0 Å². The first kappa shape index (κ1) is 16.0. The molecule has 1 nitrogen and oxygen atoms in total. The highest BCUT2D eigenvalue weighted by atomic mass is 15.1. The molecule has 0 N–H and O–H groups in total. The summed E-state index contributed by atoms with van der Waals surface area (Å²) in [6, 6.07) is 4.54. The second-order valence-corrected chi connectivity index (χ2v) is 5.97. The Bertz CT molecular complexity index is 481. The van der Waals surface area contributed by atoms with E-state index in [2.05, 4.69) is 37.1 Å². The van der Waals surface area contributed by atoms with Crippen molar-refractivity contribution < 1.29 is 0 Å². The van der Waals surface area contributed by atoms with Crippen LogP contribution in [0, 0.1) is 0 Å². The molecule has 114 valence electrons. The Morgan fingerprint density at radius 3 is 2.48 bits per heavy atom. The molecule has 21 heavy (non-hydrogen) atoms. The van der Waals surface area contributed by atoms with E-state index in [0.29, 0.717) is 0 Å². The third-order valence-electron chi connectivity index (χ3n) is 4.63. The minimum atomic E-state index is 0.947. The first-order valence-electron chi connectivity index (χ1n) is 8.39. The number of hydrogen-bond acceptors (Lipinski definition) is 1. The third kappa shape index (κ3) is 4.07. The lowest BCUT2D eigenvalue weighted by atomic mass is 9.90. The van der Waals surface area contributed by atoms with Gasteiger partial charge in [0.25, 0.3) is 0 Å². The number of benzene rings is 1. The maximum Gasteiger partial charge on any atom is 0.00219 e. The predicted molar refractivity (Wildman–Crippen MR) is 93.8 cm³/mol. The van der Waals surface area contributed by atoms with E-state index in [1.807, 2.05) is 12.2 Å². The number of likely N-dealkylation sites (tertiary alicyclic amines) is 1. The Kier molecular flexibility index (Phi) is 6.25. The van der Waals surface area contributed by atoms with Crippen molar-refractivity contribution in [1.29, 1.82) is 0 Å². The monoisotopic (exact) mass is 283 g/mol. The molecule has 1 aliphatic heterocycles. The first-order valence-corrected chi connectivity index (χ1v) is 8.39. The van der Waals surface area contributed by atoms with Crippen molar-refractivity contribution >= 4 is 6.08 Å². The summed E-state index contributed by atoms with van der Waals surface area (Å²) in [4.78, 5) is 2.62. The fourth-order valence-electron chi connectivity index (χ4n) is 3.47. The van der Waals surface area contributed by atoms with Gasteiger partial charge >= 0.3 is 0 Å². The highest BCUT2D eigenvalue weighted by Crippen LogP contribution is 2.23. The number of nitrogens with zero attached hydrogens (tertiary/aromatic N) is 1. The summed E-state index contributed by atoms with van der Waals surface area (Å²) < 4.78 is 0. The van der Waals surface area contributed by atoms with Gasteiger partial charge in [-0.2, -0.15) is 0 Å². The van der Waals surface area contributed by atoms with E-state index in [4.69, 9.17) is 0 Å². The van der Waals surface area contributed by atoms with Crippen molar-refractivity contribution in [1.82, 2.24) is 4.90 Å². The van der Waals surface area contributed by atoms with Gasteiger partial charge in [0.1, 0.15) is 0 Å². The highest BCUT2D eigenvalue weighted by molar-refractivity contribution is 5.57. The molecule has 1 heteroatoms. The van der Waals surface area contributed by atoms with Gasteiger partial charge in [-0.15, -0.1) is 6.58 Å². The van der Waals surface area contributed by atoms with E-state index in [1.165, 1.54) is 67.6 Å². The maximum atomic E-state index is 3.96. The topological polar surface area (TPSA) is 3.24 Å². The third-order valence-corrected chi connectivity index (χ3v) is 4.63. The van der Waals surface area contributed by atoms with Crippen molar-refractivity contribution in [3.05, 3.63) is 53.6 Å². The van der Waals surface area contributed by atoms with Gasteiger partial charge in [0.05, 0.1) is 0 Å². The quantitative estimate of drug-likeness (QED) is 0.658. The van der Waals surface area contributed by atoms with Gasteiger partial charge in [-0.3, -0.25) is 0 Å². The lowest BCUT2D eigenvalue weighted by Crippen LogP contribution is -2.31. The van der Waals surface area contributed by atoms with Crippen LogP contribution in [0.15, 0.2) is 31.4 Å². The summed E-state index contributed by atoms with van der Waals surface area (Å²) >= 11 is 0. The van der Waals surface area contributed by atoms with Crippen molar-refractivity contribution in [3.8, 4) is 0 Å². The summed E-state index contributed by atoms with van der Waals surface area (Å²) in [5.41, 5.74) is 5.74. The molecule has 1 aromatic carbocycles. The fourth-order valence-corrected chi connectivity index (χ4v) is 3.47. The summed E-state index contributed by atoms with van der Waals surface area (Å²) in [5, 5.41) is 0. The van der Waals surface area contributed by atoms with Crippen LogP contribution in [0.25, 0.3) is 6.08 Å². The van der Waals surface area contributed by atoms with Crippen LogP contribution < -0.4 is 0 Å². The average molecular weight is 283 g/mol. The van der Waals surface area contributed by atoms with Gasteiger partial charge < -0.3 is 4.90 Å². The van der Waals surface area contributed by atoms with E-state index in [1.54, 1.807) is 0 Å². The maximum absolute atomic E-state index is 3.96. The summed E-state index contributed by atoms with van der Waals surface area (Å²) in [7, 11) is 0. The molecule has 1 aromatic rings. The molecule has 1 saturated heterocycles. The Labute approximate surface area is 130 Å². The van der Waals surface area contributed by atoms with E-state index in [0.717, 1.165) is 12.8 Å². The van der Waals surface area contributed by atoms with Gasteiger partial charge in [-0.05, 0) is 67.4 Å². The molecular weight excluding hydrogens is 254 g/mol. The zero-order valence-corrected chi connectivity index (χ0v) is 13.5. The van der Waals surface area contributed by atoms with Crippen LogP contribution >= 0.6 is 0 Å². The zero-order valence-electron chi connectivity index (χ0n) is 13.5. The predicted octanol–water partition coefficient (Wildman–Crippen LogP) is 4.65. The van der Waals surface area contributed by atoms with Crippen LogP contribution in [-0.4, -0.2) is 24.5 Å². The number of rotatable bonds is 7.